The van der Waals surface area contributed by atoms with Crippen LogP contribution < -0.4 is 5.32 Å². The maximum Gasteiger partial charge on any atom is 0.310 e. The van der Waals surface area contributed by atoms with Crippen LogP contribution in [-0.2, 0) is 16.1 Å². The fraction of sp³-hybridized carbons (Fsp3) is 0.625. The third-order valence-corrected chi connectivity index (χ3v) is 4.77. The van der Waals surface area contributed by atoms with Gasteiger partial charge in [-0.15, -0.1) is 35.3 Å². The average Bonchev–Trinajstić information content (AvgIpc) is 2.94. The lowest BCUT2D eigenvalue weighted by Crippen LogP contribution is -2.48. The molecular weight excluding hydrogens is 425 g/mol. The first kappa shape index (κ1) is 20.2. The molecule has 1 aliphatic heterocycles. The van der Waals surface area contributed by atoms with Crippen LogP contribution in [-0.4, -0.2) is 43.6 Å². The van der Waals surface area contributed by atoms with Crippen LogP contribution in [0.25, 0.3) is 0 Å². The first-order chi connectivity index (χ1) is 10.6. The molecule has 5 nitrogen and oxygen atoms in total. The third-order valence-electron chi connectivity index (χ3n) is 3.77. The van der Waals surface area contributed by atoms with Crippen LogP contribution in [0.15, 0.2) is 17.1 Å². The molecule has 0 spiro atoms. The molecule has 0 radical (unpaired) electrons. The number of piperidine rings is 1. The van der Waals surface area contributed by atoms with Gasteiger partial charge in [0.25, 0.3) is 0 Å². The maximum atomic E-state index is 11.9. The number of esters is 1. The van der Waals surface area contributed by atoms with E-state index >= 15 is 0 Å². The first-order valence-corrected chi connectivity index (χ1v) is 8.63. The zero-order valence-electron chi connectivity index (χ0n) is 14.0. The second-order valence-corrected chi connectivity index (χ2v) is 6.82. The van der Waals surface area contributed by atoms with Crippen molar-refractivity contribution in [3.05, 3.63) is 21.9 Å². The van der Waals surface area contributed by atoms with E-state index in [1.54, 1.807) is 18.4 Å². The van der Waals surface area contributed by atoms with Crippen molar-refractivity contribution in [1.29, 1.82) is 0 Å². The predicted molar refractivity (Wildman–Crippen MR) is 106 cm³/mol. The van der Waals surface area contributed by atoms with Gasteiger partial charge in [-0.2, -0.15) is 0 Å². The molecule has 0 amide bonds. The summed E-state index contributed by atoms with van der Waals surface area (Å²) in [6.45, 7) is 6.78. The molecule has 7 heteroatoms. The van der Waals surface area contributed by atoms with Crippen molar-refractivity contribution in [2.45, 2.75) is 33.2 Å². The SMILES string of the molecule is CCOC(=O)[C@H]1CCCN(C(=NC)NCc2ccc(C)s2)C1.I. The Kier molecular flexibility index (Phi) is 8.90. The van der Waals surface area contributed by atoms with E-state index in [0.29, 0.717) is 13.2 Å². The summed E-state index contributed by atoms with van der Waals surface area (Å²) in [6.07, 6.45) is 1.89. The summed E-state index contributed by atoms with van der Waals surface area (Å²) in [5.74, 6) is 0.729. The van der Waals surface area contributed by atoms with E-state index in [1.807, 2.05) is 6.92 Å². The summed E-state index contributed by atoms with van der Waals surface area (Å²) in [7, 11) is 1.79. The van der Waals surface area contributed by atoms with Crippen LogP contribution >= 0.6 is 35.3 Å². The molecule has 1 atom stereocenters. The van der Waals surface area contributed by atoms with Crippen molar-refractivity contribution in [1.82, 2.24) is 10.2 Å². The van der Waals surface area contributed by atoms with Crippen LogP contribution in [0.5, 0.6) is 0 Å². The number of hydrogen-bond acceptors (Lipinski definition) is 4. The monoisotopic (exact) mass is 451 g/mol. The summed E-state index contributed by atoms with van der Waals surface area (Å²) in [6, 6.07) is 4.26. The molecule has 0 aromatic carbocycles. The number of guanidine groups is 1. The van der Waals surface area contributed by atoms with Gasteiger partial charge in [0.2, 0.25) is 0 Å². The van der Waals surface area contributed by atoms with E-state index in [9.17, 15) is 4.79 Å². The Morgan fingerprint density at radius 3 is 2.91 bits per heavy atom. The highest BCUT2D eigenvalue weighted by atomic mass is 127. The molecule has 2 heterocycles. The van der Waals surface area contributed by atoms with E-state index in [4.69, 9.17) is 4.74 Å². The number of thiophene rings is 1. The average molecular weight is 451 g/mol. The Bertz CT molecular complexity index is 533. The molecule has 0 unspecified atom stereocenters. The van der Waals surface area contributed by atoms with Gasteiger partial charge in [-0.3, -0.25) is 9.79 Å². The molecule has 0 saturated carbocycles. The fourth-order valence-electron chi connectivity index (χ4n) is 2.70. The number of carbonyl (C=O) groups is 1. The molecule has 1 aromatic rings. The van der Waals surface area contributed by atoms with Crippen molar-refractivity contribution in [3.63, 3.8) is 0 Å². The molecule has 0 bridgehead atoms. The molecule has 130 valence electrons. The summed E-state index contributed by atoms with van der Waals surface area (Å²) in [4.78, 5) is 21.0. The summed E-state index contributed by atoms with van der Waals surface area (Å²) < 4.78 is 5.15. The zero-order chi connectivity index (χ0) is 15.9. The fourth-order valence-corrected chi connectivity index (χ4v) is 3.53. The molecule has 0 aliphatic carbocycles. The van der Waals surface area contributed by atoms with Gasteiger partial charge in [-0.1, -0.05) is 0 Å². The Hall–Kier alpha value is -0.830. The van der Waals surface area contributed by atoms with Gasteiger partial charge in [0.15, 0.2) is 5.96 Å². The van der Waals surface area contributed by atoms with E-state index in [0.717, 1.165) is 31.9 Å². The van der Waals surface area contributed by atoms with Gasteiger partial charge in [-0.25, -0.2) is 0 Å². The largest absolute Gasteiger partial charge is 0.466 e. The zero-order valence-corrected chi connectivity index (χ0v) is 17.1. The second kappa shape index (κ2) is 10.1. The second-order valence-electron chi connectivity index (χ2n) is 5.45. The molecule has 1 saturated heterocycles. The van der Waals surface area contributed by atoms with Crippen LogP contribution in [0, 0.1) is 12.8 Å². The molecule has 1 aliphatic rings. The molecule has 23 heavy (non-hydrogen) atoms. The minimum absolute atomic E-state index is 0. The van der Waals surface area contributed by atoms with E-state index in [2.05, 4.69) is 34.3 Å². The molecule has 1 fully saturated rings. The van der Waals surface area contributed by atoms with Crippen molar-refractivity contribution < 1.29 is 9.53 Å². The number of aryl methyl sites for hydroxylation is 1. The highest BCUT2D eigenvalue weighted by molar-refractivity contribution is 14.0. The lowest BCUT2D eigenvalue weighted by Gasteiger charge is -2.33. The lowest BCUT2D eigenvalue weighted by atomic mass is 9.98. The maximum absolute atomic E-state index is 11.9. The topological polar surface area (TPSA) is 53.9 Å². The van der Waals surface area contributed by atoms with Gasteiger partial charge >= 0.3 is 5.97 Å². The van der Waals surface area contributed by atoms with Crippen molar-refractivity contribution in [3.8, 4) is 0 Å². The van der Waals surface area contributed by atoms with E-state index < -0.39 is 0 Å². The normalized spacial score (nSPS) is 18.3. The molecule has 2 rings (SSSR count). The minimum Gasteiger partial charge on any atom is -0.466 e. The minimum atomic E-state index is -0.0865. The predicted octanol–water partition coefficient (Wildman–Crippen LogP) is 3.03. The highest BCUT2D eigenvalue weighted by Crippen LogP contribution is 2.19. The Morgan fingerprint density at radius 1 is 1.52 bits per heavy atom. The molecular formula is C16H26IN3O2S. The quantitative estimate of drug-likeness (QED) is 0.331. The standard InChI is InChI=1S/C16H25N3O2S.HI/c1-4-21-15(20)13-6-5-9-19(11-13)16(17-3)18-10-14-8-7-12(2)22-14;/h7-8,13H,4-6,9-11H2,1-3H3,(H,17,18);1H/t13-;/m0./s1. The number of likely N-dealkylation sites (tertiary alicyclic amines) is 1. The number of ether oxygens (including phenoxy) is 1. The third kappa shape index (κ3) is 5.95. The Balaban J connectivity index is 0.00000264. The summed E-state index contributed by atoms with van der Waals surface area (Å²) in [5.41, 5.74) is 0. The number of halogens is 1. The summed E-state index contributed by atoms with van der Waals surface area (Å²) >= 11 is 1.79. The van der Waals surface area contributed by atoms with Gasteiger partial charge in [0.1, 0.15) is 0 Å². The van der Waals surface area contributed by atoms with Crippen LogP contribution in [0.2, 0.25) is 0 Å². The number of aliphatic imine (C=N–C) groups is 1. The van der Waals surface area contributed by atoms with Crippen LogP contribution in [0.4, 0.5) is 0 Å². The summed E-state index contributed by atoms with van der Waals surface area (Å²) in [5, 5.41) is 3.39. The lowest BCUT2D eigenvalue weighted by molar-refractivity contribution is -0.149. The highest BCUT2D eigenvalue weighted by Gasteiger charge is 2.28. The Labute approximate surface area is 159 Å². The molecule has 1 aromatic heterocycles. The van der Waals surface area contributed by atoms with Crippen molar-refractivity contribution in [2.24, 2.45) is 10.9 Å². The number of nitrogens with one attached hydrogen (secondary N) is 1. The first-order valence-electron chi connectivity index (χ1n) is 7.81. The smallest absolute Gasteiger partial charge is 0.310 e. The van der Waals surface area contributed by atoms with Gasteiger partial charge in [-0.05, 0) is 38.8 Å². The van der Waals surface area contributed by atoms with Crippen LogP contribution in [0.1, 0.15) is 29.5 Å². The van der Waals surface area contributed by atoms with Crippen LogP contribution in [0.3, 0.4) is 0 Å². The van der Waals surface area contributed by atoms with Crippen molar-refractivity contribution >= 4 is 47.2 Å². The molecule has 1 N–H and O–H groups in total. The van der Waals surface area contributed by atoms with E-state index in [-0.39, 0.29) is 35.9 Å². The van der Waals surface area contributed by atoms with Gasteiger partial charge in [0, 0.05) is 29.9 Å². The van der Waals surface area contributed by atoms with Gasteiger partial charge in [0.05, 0.1) is 19.1 Å². The Morgan fingerprint density at radius 2 is 2.30 bits per heavy atom. The number of nitrogens with zero attached hydrogens (tertiary/aromatic N) is 2. The number of hydrogen-bond donors (Lipinski definition) is 1. The van der Waals surface area contributed by atoms with Crippen molar-refractivity contribution in [2.75, 3.05) is 26.7 Å². The number of carbonyl (C=O) groups excluding carboxylic acids is 1. The van der Waals surface area contributed by atoms with E-state index in [1.165, 1.54) is 9.75 Å². The number of rotatable bonds is 4. The van der Waals surface area contributed by atoms with Gasteiger partial charge < -0.3 is 15.0 Å².